The van der Waals surface area contributed by atoms with Crippen LogP contribution in [0.15, 0.2) is 78.0 Å². The summed E-state index contributed by atoms with van der Waals surface area (Å²) in [6.45, 7) is 2.84. The van der Waals surface area contributed by atoms with Gasteiger partial charge in [0.05, 0.1) is 17.9 Å². The lowest BCUT2D eigenvalue weighted by molar-refractivity contribution is 0.0734. The van der Waals surface area contributed by atoms with Crippen molar-refractivity contribution >= 4 is 17.9 Å². The molecule has 0 aliphatic heterocycles. The second kappa shape index (κ2) is 10.8. The van der Waals surface area contributed by atoms with E-state index in [1.165, 1.54) is 0 Å². The maximum atomic E-state index is 12.3. The topological polar surface area (TPSA) is 60.8 Å². The zero-order chi connectivity index (χ0) is 20.3. The summed E-state index contributed by atoms with van der Waals surface area (Å²) in [7, 11) is 0. The minimum Gasteiger partial charge on any atom is -0.494 e. The number of carbonyl (C=O) groups excluding carboxylic acids is 1. The van der Waals surface area contributed by atoms with Gasteiger partial charge in [-0.2, -0.15) is 0 Å². The number of pyridine rings is 1. The smallest absolute Gasteiger partial charge is 0.343 e. The van der Waals surface area contributed by atoms with Crippen LogP contribution in [-0.2, 0) is 0 Å². The third-order valence-corrected chi connectivity index (χ3v) is 4.20. The van der Waals surface area contributed by atoms with Crippen molar-refractivity contribution < 1.29 is 14.3 Å². The van der Waals surface area contributed by atoms with Gasteiger partial charge in [0.15, 0.2) is 0 Å². The summed E-state index contributed by atoms with van der Waals surface area (Å²) >= 11 is 0. The van der Waals surface area contributed by atoms with Gasteiger partial charge in [0.2, 0.25) is 0 Å². The summed E-state index contributed by atoms with van der Waals surface area (Å²) in [6.07, 6.45) is 8.53. The Morgan fingerprint density at radius 3 is 2.45 bits per heavy atom. The van der Waals surface area contributed by atoms with Crippen LogP contribution >= 0.6 is 0 Å². The largest absolute Gasteiger partial charge is 0.494 e. The normalized spacial score (nSPS) is 10.8. The predicted octanol–water partition coefficient (Wildman–Crippen LogP) is 5.62. The number of benzene rings is 2. The zero-order valence-electron chi connectivity index (χ0n) is 16.5. The van der Waals surface area contributed by atoms with Crippen LogP contribution in [0.5, 0.6) is 11.5 Å². The Morgan fingerprint density at radius 2 is 1.76 bits per heavy atom. The highest BCUT2D eigenvalue weighted by Gasteiger charge is 2.09. The molecule has 3 aromatic rings. The molecule has 5 nitrogen and oxygen atoms in total. The lowest BCUT2D eigenvalue weighted by Gasteiger charge is -2.07. The number of esters is 1. The number of nitrogens with zero attached hydrogens (tertiary/aromatic N) is 2. The third kappa shape index (κ3) is 6.57. The fourth-order valence-electron chi connectivity index (χ4n) is 2.60. The molecule has 0 aliphatic carbocycles. The monoisotopic (exact) mass is 388 g/mol. The first kappa shape index (κ1) is 20.3. The van der Waals surface area contributed by atoms with Crippen molar-refractivity contribution in [3.8, 4) is 11.5 Å². The van der Waals surface area contributed by atoms with Crippen molar-refractivity contribution in [3.05, 3.63) is 84.2 Å². The van der Waals surface area contributed by atoms with Crippen molar-refractivity contribution in [2.45, 2.75) is 26.2 Å². The second-order valence-corrected chi connectivity index (χ2v) is 6.51. The Morgan fingerprint density at radius 1 is 1.00 bits per heavy atom. The first-order valence-corrected chi connectivity index (χ1v) is 9.74. The van der Waals surface area contributed by atoms with Gasteiger partial charge in [-0.3, -0.25) is 9.98 Å². The molecule has 148 valence electrons. The molecule has 2 aromatic carbocycles. The number of aromatic nitrogens is 1. The maximum Gasteiger partial charge on any atom is 0.343 e. The van der Waals surface area contributed by atoms with E-state index in [9.17, 15) is 4.79 Å². The number of ether oxygens (including phenoxy) is 2. The van der Waals surface area contributed by atoms with Gasteiger partial charge in [-0.1, -0.05) is 25.8 Å². The molecule has 0 saturated heterocycles. The van der Waals surface area contributed by atoms with Gasteiger partial charge in [0.25, 0.3) is 0 Å². The van der Waals surface area contributed by atoms with E-state index in [2.05, 4.69) is 16.9 Å². The minimum atomic E-state index is -0.408. The van der Waals surface area contributed by atoms with Crippen molar-refractivity contribution in [2.75, 3.05) is 6.61 Å². The summed E-state index contributed by atoms with van der Waals surface area (Å²) in [5.41, 5.74) is 2.16. The van der Waals surface area contributed by atoms with E-state index in [4.69, 9.17) is 9.47 Å². The SMILES string of the molecule is CCCCCOc1ccc(C(=O)Oc2ccc(N=Cc3cccnc3)cc2)cc1. The molecular weight excluding hydrogens is 364 g/mol. The zero-order valence-corrected chi connectivity index (χ0v) is 16.5. The number of carbonyl (C=O) groups is 1. The fraction of sp³-hybridized carbons (Fsp3) is 0.208. The number of aliphatic imine (C=N–C) groups is 1. The van der Waals surface area contributed by atoms with Gasteiger partial charge < -0.3 is 9.47 Å². The van der Waals surface area contributed by atoms with Crippen LogP contribution in [0.25, 0.3) is 0 Å². The summed E-state index contributed by atoms with van der Waals surface area (Å²) in [5.74, 6) is 0.817. The molecular formula is C24H24N2O3. The van der Waals surface area contributed by atoms with Gasteiger partial charge in [0, 0.05) is 24.2 Å². The maximum absolute atomic E-state index is 12.3. The molecule has 0 N–H and O–H groups in total. The van der Waals surface area contributed by atoms with E-state index in [0.29, 0.717) is 17.9 Å². The van der Waals surface area contributed by atoms with Crippen LogP contribution < -0.4 is 9.47 Å². The second-order valence-electron chi connectivity index (χ2n) is 6.51. The number of hydrogen-bond donors (Lipinski definition) is 0. The highest BCUT2D eigenvalue weighted by atomic mass is 16.5. The summed E-state index contributed by atoms with van der Waals surface area (Å²) < 4.78 is 11.1. The van der Waals surface area contributed by atoms with Gasteiger partial charge >= 0.3 is 5.97 Å². The number of unbranched alkanes of at least 4 members (excludes halogenated alkanes) is 2. The molecule has 29 heavy (non-hydrogen) atoms. The van der Waals surface area contributed by atoms with Gasteiger partial charge in [-0.15, -0.1) is 0 Å². The number of rotatable bonds is 9. The number of hydrogen-bond acceptors (Lipinski definition) is 5. The van der Waals surface area contributed by atoms with Crippen LogP contribution in [0.4, 0.5) is 5.69 Å². The molecule has 0 atom stereocenters. The standard InChI is InChI=1S/C24H24N2O3/c1-2-3-4-16-28-22-11-7-20(8-12-22)24(27)29-23-13-9-21(10-14-23)26-18-19-6-5-15-25-17-19/h5-15,17-18H,2-4,16H2,1H3. The highest BCUT2D eigenvalue weighted by molar-refractivity contribution is 5.91. The first-order chi connectivity index (χ1) is 14.2. The van der Waals surface area contributed by atoms with Crippen LogP contribution in [0.1, 0.15) is 42.1 Å². The van der Waals surface area contributed by atoms with Gasteiger partial charge in [0.1, 0.15) is 11.5 Å². The van der Waals surface area contributed by atoms with Gasteiger partial charge in [-0.05, 0) is 61.0 Å². The Balaban J connectivity index is 1.53. The molecule has 5 heteroatoms. The summed E-state index contributed by atoms with van der Waals surface area (Å²) in [5, 5.41) is 0. The van der Waals surface area contributed by atoms with E-state index in [1.54, 1.807) is 67.1 Å². The molecule has 1 aromatic heterocycles. The van der Waals surface area contributed by atoms with E-state index in [0.717, 1.165) is 36.3 Å². The molecule has 0 fully saturated rings. The van der Waals surface area contributed by atoms with Crippen LogP contribution in [-0.4, -0.2) is 23.8 Å². The summed E-state index contributed by atoms with van der Waals surface area (Å²) in [6, 6.07) is 17.8. The predicted molar refractivity (Wildman–Crippen MR) is 114 cm³/mol. The van der Waals surface area contributed by atoms with Crippen molar-refractivity contribution in [2.24, 2.45) is 4.99 Å². The molecule has 0 spiro atoms. The Hall–Kier alpha value is -3.47. The van der Waals surface area contributed by atoms with E-state index >= 15 is 0 Å². The molecule has 3 rings (SSSR count). The Bertz CT molecular complexity index is 921. The average Bonchev–Trinajstić information content (AvgIpc) is 2.77. The third-order valence-electron chi connectivity index (χ3n) is 4.20. The van der Waals surface area contributed by atoms with E-state index in [-0.39, 0.29) is 0 Å². The van der Waals surface area contributed by atoms with Crippen LogP contribution in [0, 0.1) is 0 Å². The lowest BCUT2D eigenvalue weighted by Crippen LogP contribution is -2.08. The molecule has 0 unspecified atom stereocenters. The Kier molecular flexibility index (Phi) is 7.52. The van der Waals surface area contributed by atoms with Crippen LogP contribution in [0.3, 0.4) is 0 Å². The Labute approximate surface area is 171 Å². The average molecular weight is 388 g/mol. The minimum absolute atomic E-state index is 0.408. The first-order valence-electron chi connectivity index (χ1n) is 9.74. The van der Waals surface area contributed by atoms with Crippen LogP contribution in [0.2, 0.25) is 0 Å². The molecule has 0 radical (unpaired) electrons. The molecule has 0 aliphatic rings. The quantitative estimate of drug-likeness (QED) is 0.207. The van der Waals surface area contributed by atoms with Crippen molar-refractivity contribution in [3.63, 3.8) is 0 Å². The fourth-order valence-corrected chi connectivity index (χ4v) is 2.60. The van der Waals surface area contributed by atoms with E-state index in [1.807, 2.05) is 12.1 Å². The summed E-state index contributed by atoms with van der Waals surface area (Å²) in [4.78, 5) is 20.7. The highest BCUT2D eigenvalue weighted by Crippen LogP contribution is 2.20. The molecule has 0 amide bonds. The van der Waals surface area contributed by atoms with Crippen molar-refractivity contribution in [1.29, 1.82) is 0 Å². The van der Waals surface area contributed by atoms with Gasteiger partial charge in [-0.25, -0.2) is 4.79 Å². The van der Waals surface area contributed by atoms with Crippen molar-refractivity contribution in [1.82, 2.24) is 4.98 Å². The molecule has 1 heterocycles. The van der Waals surface area contributed by atoms with E-state index < -0.39 is 5.97 Å². The molecule has 0 bridgehead atoms. The molecule has 0 saturated carbocycles. The lowest BCUT2D eigenvalue weighted by atomic mass is 10.2.